The van der Waals surface area contributed by atoms with Crippen LogP contribution < -0.4 is 10.5 Å². The minimum absolute atomic E-state index is 0.0248. The predicted octanol–water partition coefficient (Wildman–Crippen LogP) is 2.88. The maximum Gasteiger partial charge on any atom is 0.143 e. The third-order valence-electron chi connectivity index (χ3n) is 2.14. The van der Waals surface area contributed by atoms with Crippen molar-refractivity contribution in [1.82, 2.24) is 0 Å². The molecule has 2 N–H and O–H groups in total. The van der Waals surface area contributed by atoms with Gasteiger partial charge >= 0.3 is 0 Å². The number of ether oxygens (including phenoxy) is 1. The minimum Gasteiger partial charge on any atom is -0.492 e. The highest BCUT2D eigenvalue weighted by Crippen LogP contribution is 2.40. The number of fused-ring (bicyclic) bond motifs is 1. The normalized spacial score (nSPS) is 20.7. The second kappa shape index (κ2) is 3.48. The van der Waals surface area contributed by atoms with E-state index in [0.29, 0.717) is 11.6 Å². The van der Waals surface area contributed by atoms with Crippen molar-refractivity contribution in [3.8, 4) is 5.75 Å². The molecule has 0 amide bonds. The van der Waals surface area contributed by atoms with Gasteiger partial charge in [0.05, 0.1) is 11.6 Å². The summed E-state index contributed by atoms with van der Waals surface area (Å²) in [5, 5.41) is 0.633. The van der Waals surface area contributed by atoms with Crippen LogP contribution in [0.5, 0.6) is 5.75 Å². The van der Waals surface area contributed by atoms with E-state index in [4.69, 9.17) is 22.1 Å². The van der Waals surface area contributed by atoms with Gasteiger partial charge in [0, 0.05) is 22.5 Å². The highest BCUT2D eigenvalue weighted by Gasteiger charge is 2.22. The van der Waals surface area contributed by atoms with Crippen molar-refractivity contribution in [2.75, 3.05) is 6.61 Å². The van der Waals surface area contributed by atoms with Crippen LogP contribution in [0.3, 0.4) is 0 Å². The van der Waals surface area contributed by atoms with Crippen LogP contribution in [-0.4, -0.2) is 6.61 Å². The molecular weight excluding hydrogens is 253 g/mol. The van der Waals surface area contributed by atoms with Crippen molar-refractivity contribution in [2.45, 2.75) is 12.5 Å². The Morgan fingerprint density at radius 1 is 1.54 bits per heavy atom. The van der Waals surface area contributed by atoms with Gasteiger partial charge in [-0.1, -0.05) is 27.5 Å². The van der Waals surface area contributed by atoms with Crippen molar-refractivity contribution in [1.29, 1.82) is 0 Å². The molecule has 1 atom stereocenters. The maximum atomic E-state index is 5.98. The molecule has 0 bridgehead atoms. The lowest BCUT2D eigenvalue weighted by atomic mass is 10.0. The lowest BCUT2D eigenvalue weighted by Gasteiger charge is -2.24. The van der Waals surface area contributed by atoms with Crippen molar-refractivity contribution in [3.05, 3.63) is 27.2 Å². The molecule has 2 rings (SSSR count). The summed E-state index contributed by atoms with van der Waals surface area (Å²) in [4.78, 5) is 0. The van der Waals surface area contributed by atoms with E-state index in [1.165, 1.54) is 0 Å². The molecule has 0 spiro atoms. The first-order valence-corrected chi connectivity index (χ1v) is 5.23. The van der Waals surface area contributed by atoms with Gasteiger partial charge in [-0.3, -0.25) is 0 Å². The average molecular weight is 263 g/mol. The van der Waals surface area contributed by atoms with Crippen LogP contribution in [0.2, 0.25) is 5.02 Å². The quantitative estimate of drug-likeness (QED) is 0.780. The molecule has 0 radical (unpaired) electrons. The average Bonchev–Trinajstić information content (AvgIpc) is 2.12. The van der Waals surface area contributed by atoms with E-state index >= 15 is 0 Å². The number of halogens is 2. The predicted molar refractivity (Wildman–Crippen MR) is 56.2 cm³/mol. The number of hydrogen-bond donors (Lipinski definition) is 1. The zero-order valence-electron chi connectivity index (χ0n) is 6.89. The Labute approximate surface area is 90.1 Å². The molecule has 0 aromatic heterocycles. The van der Waals surface area contributed by atoms with Gasteiger partial charge in [0.15, 0.2) is 0 Å². The Morgan fingerprint density at radius 3 is 3.00 bits per heavy atom. The van der Waals surface area contributed by atoms with E-state index in [-0.39, 0.29) is 6.04 Å². The molecule has 1 aromatic rings. The third-order valence-corrected chi connectivity index (χ3v) is 3.13. The van der Waals surface area contributed by atoms with E-state index in [2.05, 4.69) is 15.9 Å². The summed E-state index contributed by atoms with van der Waals surface area (Å²) in [7, 11) is 0. The Morgan fingerprint density at radius 2 is 2.31 bits per heavy atom. The van der Waals surface area contributed by atoms with Crippen molar-refractivity contribution in [3.63, 3.8) is 0 Å². The molecule has 1 aromatic carbocycles. The summed E-state index contributed by atoms with van der Waals surface area (Å²) in [6, 6.07) is 3.73. The topological polar surface area (TPSA) is 35.2 Å². The SMILES string of the molecule is N[C@H]1CCOc2c(Cl)ccc(Br)c21. The first kappa shape index (κ1) is 9.31. The summed E-state index contributed by atoms with van der Waals surface area (Å²) in [6.07, 6.45) is 0.839. The number of nitrogens with two attached hydrogens (primary N) is 1. The van der Waals surface area contributed by atoms with Crippen LogP contribution in [0, 0.1) is 0 Å². The first-order chi connectivity index (χ1) is 6.20. The summed E-state index contributed by atoms with van der Waals surface area (Å²) >= 11 is 9.42. The van der Waals surface area contributed by atoms with Crippen LogP contribution in [0.1, 0.15) is 18.0 Å². The van der Waals surface area contributed by atoms with Gasteiger partial charge in [-0.05, 0) is 12.1 Å². The van der Waals surface area contributed by atoms with E-state index in [1.54, 1.807) is 0 Å². The van der Waals surface area contributed by atoms with Gasteiger partial charge in [0.2, 0.25) is 0 Å². The number of benzene rings is 1. The Bertz CT molecular complexity index is 343. The van der Waals surface area contributed by atoms with Crippen LogP contribution in [0.15, 0.2) is 16.6 Å². The van der Waals surface area contributed by atoms with Crippen LogP contribution >= 0.6 is 27.5 Å². The van der Waals surface area contributed by atoms with Gasteiger partial charge in [-0.15, -0.1) is 0 Å². The zero-order chi connectivity index (χ0) is 9.42. The van der Waals surface area contributed by atoms with Gasteiger partial charge < -0.3 is 10.5 Å². The number of hydrogen-bond acceptors (Lipinski definition) is 2. The van der Waals surface area contributed by atoms with E-state index in [9.17, 15) is 0 Å². The monoisotopic (exact) mass is 261 g/mol. The molecule has 13 heavy (non-hydrogen) atoms. The molecule has 70 valence electrons. The van der Waals surface area contributed by atoms with Gasteiger partial charge in [-0.2, -0.15) is 0 Å². The summed E-state index contributed by atoms with van der Waals surface area (Å²) in [6.45, 7) is 0.643. The minimum atomic E-state index is 0.0248. The lowest BCUT2D eigenvalue weighted by Crippen LogP contribution is -2.21. The molecule has 0 fully saturated rings. The molecule has 1 heterocycles. The zero-order valence-corrected chi connectivity index (χ0v) is 9.23. The molecular formula is C9H9BrClNO. The fraction of sp³-hybridized carbons (Fsp3) is 0.333. The van der Waals surface area contributed by atoms with Crippen LogP contribution in [0.4, 0.5) is 0 Å². The Hall–Kier alpha value is -0.250. The highest BCUT2D eigenvalue weighted by atomic mass is 79.9. The van der Waals surface area contributed by atoms with Crippen molar-refractivity contribution in [2.24, 2.45) is 5.73 Å². The standard InChI is InChI=1S/C9H9BrClNO/c10-5-1-2-6(11)9-8(5)7(12)3-4-13-9/h1-2,7H,3-4,12H2/t7-/m0/s1. The van der Waals surface area contributed by atoms with Crippen molar-refractivity contribution < 1.29 is 4.74 Å². The van der Waals surface area contributed by atoms with Crippen LogP contribution in [-0.2, 0) is 0 Å². The smallest absolute Gasteiger partial charge is 0.143 e. The van der Waals surface area contributed by atoms with Crippen molar-refractivity contribution >= 4 is 27.5 Å². The lowest BCUT2D eigenvalue weighted by molar-refractivity contribution is 0.268. The molecule has 1 aliphatic rings. The molecule has 4 heteroatoms. The molecule has 2 nitrogen and oxygen atoms in total. The molecule has 0 saturated carbocycles. The van der Waals surface area contributed by atoms with E-state index in [0.717, 1.165) is 22.2 Å². The second-order valence-electron chi connectivity index (χ2n) is 3.02. The van der Waals surface area contributed by atoms with Crippen LogP contribution in [0.25, 0.3) is 0 Å². The van der Waals surface area contributed by atoms with Gasteiger partial charge in [0.25, 0.3) is 0 Å². The Balaban J connectivity index is 2.60. The van der Waals surface area contributed by atoms with Gasteiger partial charge in [0.1, 0.15) is 5.75 Å². The summed E-state index contributed by atoms with van der Waals surface area (Å²) in [5.41, 5.74) is 6.93. The molecule has 0 unspecified atom stereocenters. The fourth-order valence-electron chi connectivity index (χ4n) is 1.47. The highest BCUT2D eigenvalue weighted by molar-refractivity contribution is 9.10. The van der Waals surface area contributed by atoms with E-state index in [1.807, 2.05) is 12.1 Å². The Kier molecular flexibility index (Phi) is 2.49. The molecule has 0 aliphatic carbocycles. The summed E-state index contributed by atoms with van der Waals surface area (Å²) in [5.74, 6) is 0.731. The number of rotatable bonds is 0. The summed E-state index contributed by atoms with van der Waals surface area (Å²) < 4.78 is 6.43. The first-order valence-electron chi connectivity index (χ1n) is 4.06. The second-order valence-corrected chi connectivity index (χ2v) is 4.28. The largest absolute Gasteiger partial charge is 0.492 e. The fourth-order valence-corrected chi connectivity index (χ4v) is 2.30. The van der Waals surface area contributed by atoms with Gasteiger partial charge in [-0.25, -0.2) is 0 Å². The molecule has 1 aliphatic heterocycles. The maximum absolute atomic E-state index is 5.98. The van der Waals surface area contributed by atoms with E-state index < -0.39 is 0 Å². The molecule has 0 saturated heterocycles. The third kappa shape index (κ3) is 1.56.